The van der Waals surface area contributed by atoms with Crippen molar-refractivity contribution in [2.45, 2.75) is 13.8 Å². The van der Waals surface area contributed by atoms with Crippen LogP contribution in [0.4, 0.5) is 11.4 Å². The predicted molar refractivity (Wildman–Crippen MR) is 76.0 cm³/mol. The van der Waals surface area contributed by atoms with Crippen LogP contribution in [-0.2, 0) is 0 Å². The summed E-state index contributed by atoms with van der Waals surface area (Å²) >= 11 is 0. The van der Waals surface area contributed by atoms with Crippen molar-refractivity contribution < 1.29 is 15.1 Å². The fourth-order valence-corrected chi connectivity index (χ4v) is 1.98. The van der Waals surface area contributed by atoms with Crippen LogP contribution in [0.15, 0.2) is 48.3 Å². The minimum Gasteiger partial charge on any atom is -0.868 e. The van der Waals surface area contributed by atoms with E-state index in [1.807, 2.05) is 19.3 Å². The van der Waals surface area contributed by atoms with Gasteiger partial charge in [0.25, 0.3) is 0 Å². The second-order valence-corrected chi connectivity index (χ2v) is 4.62. The number of allylic oxidation sites excluding steroid dienone is 4. The van der Waals surface area contributed by atoms with E-state index in [1.165, 1.54) is 6.08 Å². The zero-order chi connectivity index (χ0) is 14.9. The van der Waals surface area contributed by atoms with Gasteiger partial charge in [-0.2, -0.15) is 4.74 Å². The van der Waals surface area contributed by atoms with E-state index in [0.29, 0.717) is 10.3 Å². The van der Waals surface area contributed by atoms with Crippen LogP contribution < -0.4 is 10.6 Å². The summed E-state index contributed by atoms with van der Waals surface area (Å²) in [6, 6.07) is 3.26. The van der Waals surface area contributed by atoms with Crippen LogP contribution in [-0.4, -0.2) is 15.7 Å². The lowest BCUT2D eigenvalue weighted by Crippen LogP contribution is -2.25. The monoisotopic (exact) mass is 271 g/mol. The molecule has 5 nitrogen and oxygen atoms in total. The molecule has 0 aromatic heterocycles. The van der Waals surface area contributed by atoms with Gasteiger partial charge in [0.2, 0.25) is 11.4 Å². The average Bonchev–Trinajstić information content (AvgIpc) is 2.41. The van der Waals surface area contributed by atoms with Crippen molar-refractivity contribution in [2.75, 3.05) is 5.48 Å². The Balaban J connectivity index is 2.67. The van der Waals surface area contributed by atoms with Crippen molar-refractivity contribution in [3.63, 3.8) is 0 Å². The number of nitrogens with one attached hydrogen (secondary N) is 1. The molecule has 1 aromatic rings. The molecule has 0 radical (unpaired) electrons. The first-order valence-electron chi connectivity index (χ1n) is 6.06. The zero-order valence-electron chi connectivity index (χ0n) is 11.3. The topological polar surface area (TPSA) is 81.4 Å². The van der Waals surface area contributed by atoms with Gasteiger partial charge in [-0.3, -0.25) is 10.7 Å². The lowest BCUT2D eigenvalue weighted by atomic mass is 10.0. The molecule has 1 aliphatic rings. The molecule has 5 heteroatoms. The maximum atomic E-state index is 12.5. The first-order valence-corrected chi connectivity index (χ1v) is 6.06. The minimum absolute atomic E-state index is 0.0488. The molecule has 2 rings (SSSR count). The zero-order valence-corrected chi connectivity index (χ0v) is 11.3. The van der Waals surface area contributed by atoms with Gasteiger partial charge in [-0.25, -0.2) is 0 Å². The molecular weight excluding hydrogens is 256 g/mol. The second kappa shape index (κ2) is 5.22. The Hall–Kier alpha value is -2.53. The summed E-state index contributed by atoms with van der Waals surface area (Å²) in [6.45, 7) is 7.41. The molecule has 0 bridgehead atoms. The van der Waals surface area contributed by atoms with Gasteiger partial charge in [0.05, 0.1) is 0 Å². The van der Waals surface area contributed by atoms with Gasteiger partial charge in [0, 0.05) is 11.6 Å². The number of rotatable bonds is 2. The Labute approximate surface area is 117 Å². The molecule has 0 saturated carbocycles. The van der Waals surface area contributed by atoms with Crippen LogP contribution in [0.5, 0.6) is 0 Å². The van der Waals surface area contributed by atoms with E-state index >= 15 is 0 Å². The Bertz CT molecular complexity index is 670. The maximum Gasteiger partial charge on any atom is 0.242 e. The highest BCUT2D eigenvalue weighted by Crippen LogP contribution is 2.29. The normalized spacial score (nSPS) is 16.9. The molecule has 0 aliphatic heterocycles. The summed E-state index contributed by atoms with van der Waals surface area (Å²) in [5, 5.41) is 33.5. The van der Waals surface area contributed by atoms with Crippen LogP contribution in [0, 0.1) is 19.1 Å². The van der Waals surface area contributed by atoms with Crippen LogP contribution >= 0.6 is 0 Å². The SMILES string of the molecule is C=C1C=CC=C([O-])/C1=[N+](\[O-])c1cc(C)c(C)cc1NO. The third kappa shape index (κ3) is 2.31. The molecule has 104 valence electrons. The summed E-state index contributed by atoms with van der Waals surface area (Å²) < 4.78 is 0.496. The Morgan fingerprint density at radius 3 is 2.50 bits per heavy atom. The standard InChI is InChI=1S/C15H16N2O3/c1-9-5-4-6-14(18)15(9)17(20)13-8-11(3)10(2)7-12(13)16-19/h4-8,16,18-19H,1H2,2-3H3/p-1/b17-15-. The quantitative estimate of drug-likeness (QED) is 0.490. The van der Waals surface area contributed by atoms with Gasteiger partial charge in [0.15, 0.2) is 0 Å². The fourth-order valence-electron chi connectivity index (χ4n) is 1.98. The van der Waals surface area contributed by atoms with Crippen LogP contribution in [0.1, 0.15) is 11.1 Å². The Morgan fingerprint density at radius 2 is 1.90 bits per heavy atom. The molecular formula is C15H15N2O3-. The van der Waals surface area contributed by atoms with E-state index in [0.717, 1.165) is 11.1 Å². The number of nitrogens with zero attached hydrogens (tertiary/aromatic N) is 1. The van der Waals surface area contributed by atoms with E-state index in [2.05, 4.69) is 6.58 Å². The molecule has 1 aliphatic carbocycles. The van der Waals surface area contributed by atoms with Crippen molar-refractivity contribution in [3.8, 4) is 0 Å². The van der Waals surface area contributed by atoms with Crippen molar-refractivity contribution in [1.82, 2.24) is 0 Å². The lowest BCUT2D eigenvalue weighted by Gasteiger charge is -2.20. The van der Waals surface area contributed by atoms with Gasteiger partial charge in [-0.15, -0.1) is 0 Å². The first-order chi connectivity index (χ1) is 9.45. The average molecular weight is 271 g/mol. The van der Waals surface area contributed by atoms with Crippen molar-refractivity contribution in [3.05, 3.63) is 64.6 Å². The van der Waals surface area contributed by atoms with Crippen LogP contribution in [0.25, 0.3) is 0 Å². The van der Waals surface area contributed by atoms with Gasteiger partial charge in [0.1, 0.15) is 5.69 Å². The summed E-state index contributed by atoms with van der Waals surface area (Å²) in [5.74, 6) is -0.408. The number of hydrogen-bond acceptors (Lipinski definition) is 4. The lowest BCUT2D eigenvalue weighted by molar-refractivity contribution is -0.373. The highest BCUT2D eigenvalue weighted by molar-refractivity contribution is 6.10. The van der Waals surface area contributed by atoms with Crippen molar-refractivity contribution in [2.24, 2.45) is 0 Å². The maximum absolute atomic E-state index is 12.5. The molecule has 0 saturated heterocycles. The summed E-state index contributed by atoms with van der Waals surface area (Å²) in [6.07, 6.45) is 4.45. The number of benzene rings is 1. The van der Waals surface area contributed by atoms with Gasteiger partial charge in [-0.1, -0.05) is 18.7 Å². The predicted octanol–water partition coefficient (Wildman–Crippen LogP) is 2.06. The molecule has 0 atom stereocenters. The molecule has 1 aromatic carbocycles. The third-order valence-electron chi connectivity index (χ3n) is 3.24. The largest absolute Gasteiger partial charge is 0.868 e. The highest BCUT2D eigenvalue weighted by atomic mass is 16.5. The number of hydrogen-bond donors (Lipinski definition) is 2. The van der Waals surface area contributed by atoms with E-state index < -0.39 is 5.76 Å². The molecule has 0 amide bonds. The summed E-state index contributed by atoms with van der Waals surface area (Å²) in [5.41, 5.74) is 4.50. The Morgan fingerprint density at radius 1 is 1.25 bits per heavy atom. The Kier molecular flexibility index (Phi) is 3.63. The smallest absolute Gasteiger partial charge is 0.242 e. The van der Waals surface area contributed by atoms with Crippen LogP contribution in [0.2, 0.25) is 0 Å². The summed E-state index contributed by atoms with van der Waals surface area (Å²) in [7, 11) is 0. The van der Waals surface area contributed by atoms with E-state index in [4.69, 9.17) is 5.21 Å². The molecule has 0 spiro atoms. The van der Waals surface area contributed by atoms with E-state index in [9.17, 15) is 10.3 Å². The minimum atomic E-state index is -0.408. The van der Waals surface area contributed by atoms with Crippen LogP contribution in [0.3, 0.4) is 0 Å². The third-order valence-corrected chi connectivity index (χ3v) is 3.24. The second-order valence-electron chi connectivity index (χ2n) is 4.62. The molecule has 0 unspecified atom stereocenters. The highest BCUT2D eigenvalue weighted by Gasteiger charge is 2.19. The molecule has 0 fully saturated rings. The number of anilines is 1. The van der Waals surface area contributed by atoms with Gasteiger partial charge in [-0.05, 0) is 42.9 Å². The molecule has 20 heavy (non-hydrogen) atoms. The molecule has 0 heterocycles. The number of aryl methyl sites for hydroxylation is 2. The van der Waals surface area contributed by atoms with Crippen molar-refractivity contribution in [1.29, 1.82) is 0 Å². The van der Waals surface area contributed by atoms with Crippen molar-refractivity contribution >= 4 is 17.1 Å². The van der Waals surface area contributed by atoms with E-state index in [-0.39, 0.29) is 17.1 Å². The summed E-state index contributed by atoms with van der Waals surface area (Å²) in [4.78, 5) is 0. The van der Waals surface area contributed by atoms with E-state index in [1.54, 1.807) is 24.3 Å². The first kappa shape index (κ1) is 13.9. The molecule has 2 N–H and O–H groups in total. The van der Waals surface area contributed by atoms with Gasteiger partial charge < -0.3 is 10.3 Å². The fraction of sp³-hybridized carbons (Fsp3) is 0.133. The van der Waals surface area contributed by atoms with Gasteiger partial charge >= 0.3 is 0 Å².